The fraction of sp³-hybridized carbons (Fsp3) is 0.667. The SMILES string of the molecule is COCC(CNCCCCCCCCCCCCCCCCCCS(=O)(=O)Cc1ccccc1)OCc1ccccc1. The van der Waals surface area contributed by atoms with Gasteiger partial charge in [0.25, 0.3) is 0 Å². The summed E-state index contributed by atoms with van der Waals surface area (Å²) in [4.78, 5) is 0. The van der Waals surface area contributed by atoms with E-state index < -0.39 is 9.84 Å². The summed E-state index contributed by atoms with van der Waals surface area (Å²) in [5, 5.41) is 3.54. The molecule has 1 unspecified atom stereocenters. The van der Waals surface area contributed by atoms with Crippen molar-refractivity contribution >= 4 is 9.84 Å². The van der Waals surface area contributed by atoms with Gasteiger partial charge in [0.15, 0.2) is 9.84 Å². The largest absolute Gasteiger partial charge is 0.382 e. The molecule has 238 valence electrons. The van der Waals surface area contributed by atoms with E-state index >= 15 is 0 Å². The zero-order chi connectivity index (χ0) is 30.0. The van der Waals surface area contributed by atoms with E-state index in [1.807, 2.05) is 48.5 Å². The topological polar surface area (TPSA) is 64.6 Å². The molecule has 2 rings (SSSR count). The van der Waals surface area contributed by atoms with Crippen molar-refractivity contribution in [2.75, 3.05) is 32.6 Å². The summed E-state index contributed by atoms with van der Waals surface area (Å²) < 4.78 is 35.9. The first-order valence-electron chi connectivity index (χ1n) is 16.7. The smallest absolute Gasteiger partial charge is 0.154 e. The lowest BCUT2D eigenvalue weighted by atomic mass is 10.0. The van der Waals surface area contributed by atoms with E-state index in [9.17, 15) is 8.42 Å². The van der Waals surface area contributed by atoms with Crippen molar-refractivity contribution in [1.29, 1.82) is 0 Å². The highest BCUT2D eigenvalue weighted by Crippen LogP contribution is 2.15. The van der Waals surface area contributed by atoms with Crippen molar-refractivity contribution in [2.24, 2.45) is 0 Å². The molecule has 0 amide bonds. The minimum Gasteiger partial charge on any atom is -0.382 e. The Bertz CT molecular complexity index is 968. The van der Waals surface area contributed by atoms with Crippen LogP contribution in [0.5, 0.6) is 0 Å². The molecule has 0 aliphatic rings. The summed E-state index contributed by atoms with van der Waals surface area (Å²) in [5.74, 6) is 0.495. The maximum absolute atomic E-state index is 12.3. The van der Waals surface area contributed by atoms with Crippen molar-refractivity contribution in [2.45, 2.75) is 121 Å². The molecule has 0 bridgehead atoms. The normalized spacial score (nSPS) is 12.5. The van der Waals surface area contributed by atoms with Gasteiger partial charge in [0, 0.05) is 13.7 Å². The first-order valence-corrected chi connectivity index (χ1v) is 18.5. The monoisotopic (exact) mass is 601 g/mol. The fourth-order valence-corrected chi connectivity index (χ4v) is 6.84. The maximum Gasteiger partial charge on any atom is 0.154 e. The lowest BCUT2D eigenvalue weighted by molar-refractivity contribution is -0.0101. The summed E-state index contributed by atoms with van der Waals surface area (Å²) in [7, 11) is -1.25. The molecule has 0 aromatic heterocycles. The molecule has 0 saturated heterocycles. The Morgan fingerprint density at radius 2 is 1.07 bits per heavy atom. The number of sulfone groups is 1. The Hall–Kier alpha value is -1.73. The predicted octanol–water partition coefficient (Wildman–Crippen LogP) is 8.66. The number of nitrogens with one attached hydrogen (secondary N) is 1. The molecule has 0 heterocycles. The van der Waals surface area contributed by atoms with Gasteiger partial charge in [-0.2, -0.15) is 0 Å². The highest BCUT2D eigenvalue weighted by atomic mass is 32.2. The van der Waals surface area contributed by atoms with E-state index in [0.29, 0.717) is 19.0 Å². The second-order valence-corrected chi connectivity index (χ2v) is 14.0. The Morgan fingerprint density at radius 1 is 0.619 bits per heavy atom. The average molecular weight is 602 g/mol. The van der Waals surface area contributed by atoms with Crippen LogP contribution in [-0.2, 0) is 31.7 Å². The molecule has 2 aromatic carbocycles. The summed E-state index contributed by atoms with van der Waals surface area (Å²) in [6.07, 6.45) is 20.4. The standard InChI is InChI=1S/C36H59NO4S/c1-40-32-36(41-31-34-24-18-16-19-25-34)30-37-28-22-14-12-10-8-6-4-2-3-5-7-9-11-13-15-23-29-42(38,39)33-35-26-20-17-21-27-35/h16-21,24-27,36-37H,2-15,22-23,28-33H2,1H3. The van der Waals surface area contributed by atoms with E-state index in [0.717, 1.165) is 37.9 Å². The van der Waals surface area contributed by atoms with Crippen LogP contribution in [0.3, 0.4) is 0 Å². The second kappa shape index (κ2) is 24.7. The average Bonchev–Trinajstić information content (AvgIpc) is 2.99. The molecule has 2 aromatic rings. The minimum absolute atomic E-state index is 0.0869. The minimum atomic E-state index is -2.98. The van der Waals surface area contributed by atoms with Gasteiger partial charge >= 0.3 is 0 Å². The molecule has 5 nitrogen and oxygen atoms in total. The molecular formula is C36H59NO4S. The van der Waals surface area contributed by atoms with Crippen LogP contribution < -0.4 is 5.32 Å². The van der Waals surface area contributed by atoms with E-state index in [1.165, 1.54) is 89.0 Å². The number of hydrogen-bond donors (Lipinski definition) is 1. The van der Waals surface area contributed by atoms with E-state index in [2.05, 4.69) is 17.4 Å². The second-order valence-electron chi connectivity index (χ2n) is 11.8. The van der Waals surface area contributed by atoms with Crippen LogP contribution in [0, 0.1) is 0 Å². The highest BCUT2D eigenvalue weighted by molar-refractivity contribution is 7.90. The van der Waals surface area contributed by atoms with Crippen molar-refractivity contribution in [3.8, 4) is 0 Å². The van der Waals surface area contributed by atoms with Crippen LogP contribution >= 0.6 is 0 Å². The van der Waals surface area contributed by atoms with E-state index in [4.69, 9.17) is 9.47 Å². The fourth-order valence-electron chi connectivity index (χ4n) is 5.35. The molecular weight excluding hydrogens is 542 g/mol. The van der Waals surface area contributed by atoms with Crippen LogP contribution in [0.25, 0.3) is 0 Å². The lowest BCUT2D eigenvalue weighted by Crippen LogP contribution is -2.33. The van der Waals surface area contributed by atoms with Gasteiger partial charge in [-0.15, -0.1) is 0 Å². The first kappa shape index (κ1) is 36.5. The zero-order valence-electron chi connectivity index (χ0n) is 26.4. The number of hydrogen-bond acceptors (Lipinski definition) is 5. The summed E-state index contributed by atoms with van der Waals surface area (Å²) >= 11 is 0. The van der Waals surface area contributed by atoms with Crippen molar-refractivity contribution < 1.29 is 17.9 Å². The summed E-state index contributed by atoms with van der Waals surface area (Å²) in [5.41, 5.74) is 2.09. The molecule has 0 radical (unpaired) electrons. The number of benzene rings is 2. The third kappa shape index (κ3) is 20.2. The third-order valence-electron chi connectivity index (χ3n) is 7.84. The number of unbranched alkanes of at least 4 members (excludes halogenated alkanes) is 15. The van der Waals surface area contributed by atoms with Crippen LogP contribution in [-0.4, -0.2) is 47.1 Å². The van der Waals surface area contributed by atoms with Gasteiger partial charge in [-0.05, 0) is 30.5 Å². The van der Waals surface area contributed by atoms with Gasteiger partial charge in [-0.25, -0.2) is 8.42 Å². The molecule has 42 heavy (non-hydrogen) atoms. The quantitative estimate of drug-likeness (QED) is 0.0989. The molecule has 0 fully saturated rings. The van der Waals surface area contributed by atoms with E-state index in [1.54, 1.807) is 7.11 Å². The maximum atomic E-state index is 12.3. The van der Waals surface area contributed by atoms with Crippen molar-refractivity contribution in [3.05, 3.63) is 71.8 Å². The van der Waals surface area contributed by atoms with Gasteiger partial charge in [0.1, 0.15) is 0 Å². The molecule has 6 heteroatoms. The zero-order valence-corrected chi connectivity index (χ0v) is 27.3. The van der Waals surface area contributed by atoms with Gasteiger partial charge in [-0.1, -0.05) is 151 Å². The van der Waals surface area contributed by atoms with E-state index in [-0.39, 0.29) is 11.9 Å². The van der Waals surface area contributed by atoms with Crippen LogP contribution in [0.1, 0.15) is 114 Å². The third-order valence-corrected chi connectivity index (χ3v) is 9.53. The molecule has 0 spiro atoms. The van der Waals surface area contributed by atoms with Gasteiger partial charge < -0.3 is 14.8 Å². The predicted molar refractivity (Wildman–Crippen MR) is 178 cm³/mol. The number of rotatable bonds is 28. The van der Waals surface area contributed by atoms with Crippen LogP contribution in [0.15, 0.2) is 60.7 Å². The highest BCUT2D eigenvalue weighted by Gasteiger charge is 2.11. The molecule has 1 atom stereocenters. The number of methoxy groups -OCH3 is 1. The first-order chi connectivity index (χ1) is 20.6. The van der Waals surface area contributed by atoms with Crippen LogP contribution in [0.4, 0.5) is 0 Å². The summed E-state index contributed by atoms with van der Waals surface area (Å²) in [6, 6.07) is 19.8. The van der Waals surface area contributed by atoms with Gasteiger partial charge in [-0.3, -0.25) is 0 Å². The lowest BCUT2D eigenvalue weighted by Gasteiger charge is -2.18. The van der Waals surface area contributed by atoms with Gasteiger partial charge in [0.05, 0.1) is 30.8 Å². The Morgan fingerprint density at radius 3 is 1.57 bits per heavy atom. The molecule has 0 saturated carbocycles. The van der Waals surface area contributed by atoms with Crippen LogP contribution in [0.2, 0.25) is 0 Å². The molecule has 0 aliphatic heterocycles. The summed E-state index contributed by atoms with van der Waals surface area (Å²) in [6.45, 7) is 3.13. The molecule has 1 N–H and O–H groups in total. The Kier molecular flexibility index (Phi) is 21.4. The molecule has 0 aliphatic carbocycles. The van der Waals surface area contributed by atoms with Gasteiger partial charge in [0.2, 0.25) is 0 Å². The number of ether oxygens (including phenoxy) is 2. The van der Waals surface area contributed by atoms with Crippen molar-refractivity contribution in [3.63, 3.8) is 0 Å². The Labute approximate surface area is 258 Å². The Balaban J connectivity index is 1.28. The van der Waals surface area contributed by atoms with Crippen molar-refractivity contribution in [1.82, 2.24) is 5.32 Å².